The molecule has 1 aromatic carbocycles. The highest BCUT2D eigenvalue weighted by molar-refractivity contribution is 14.0. The second kappa shape index (κ2) is 10.7. The highest BCUT2D eigenvalue weighted by atomic mass is 127. The van der Waals surface area contributed by atoms with Gasteiger partial charge in [-0.3, -0.25) is 4.99 Å². The summed E-state index contributed by atoms with van der Waals surface area (Å²) in [5.41, 5.74) is 0.472. The molecule has 1 atom stereocenters. The summed E-state index contributed by atoms with van der Waals surface area (Å²) in [5.74, 6) is -0.468. The van der Waals surface area contributed by atoms with Crippen molar-refractivity contribution in [3.8, 4) is 0 Å². The molecule has 7 heteroatoms. The number of benzene rings is 1. The molecular formula is C14H22F2IN3O. The van der Waals surface area contributed by atoms with E-state index in [0.29, 0.717) is 31.1 Å². The fourth-order valence-corrected chi connectivity index (χ4v) is 1.76. The molecule has 0 aliphatic carbocycles. The van der Waals surface area contributed by atoms with Crippen LogP contribution in [0, 0.1) is 11.6 Å². The molecular weight excluding hydrogens is 391 g/mol. The van der Waals surface area contributed by atoms with Gasteiger partial charge in [0, 0.05) is 32.8 Å². The summed E-state index contributed by atoms with van der Waals surface area (Å²) in [6.45, 7) is 3.03. The molecule has 0 bridgehead atoms. The Kier molecular flexibility index (Phi) is 10.2. The number of hydrogen-bond acceptors (Lipinski definition) is 2. The van der Waals surface area contributed by atoms with Gasteiger partial charge in [0.1, 0.15) is 11.6 Å². The number of guanidine groups is 1. The Morgan fingerprint density at radius 2 is 2.10 bits per heavy atom. The van der Waals surface area contributed by atoms with Crippen LogP contribution in [0.2, 0.25) is 0 Å². The molecule has 0 radical (unpaired) electrons. The number of ether oxygens (including phenoxy) is 1. The molecule has 0 spiro atoms. The van der Waals surface area contributed by atoms with Crippen LogP contribution in [0.25, 0.3) is 0 Å². The third kappa shape index (κ3) is 7.56. The van der Waals surface area contributed by atoms with Gasteiger partial charge in [0.05, 0.1) is 6.61 Å². The van der Waals surface area contributed by atoms with Gasteiger partial charge in [-0.2, -0.15) is 0 Å². The fourth-order valence-electron chi connectivity index (χ4n) is 1.76. The molecule has 0 saturated carbocycles. The smallest absolute Gasteiger partial charge is 0.191 e. The maximum Gasteiger partial charge on any atom is 0.191 e. The van der Waals surface area contributed by atoms with Crippen LogP contribution in [0.1, 0.15) is 12.5 Å². The molecule has 120 valence electrons. The summed E-state index contributed by atoms with van der Waals surface area (Å²) in [4.78, 5) is 4.06. The van der Waals surface area contributed by atoms with E-state index in [2.05, 4.69) is 15.6 Å². The lowest BCUT2D eigenvalue weighted by Gasteiger charge is -2.17. The molecule has 0 fully saturated rings. The number of halogens is 3. The lowest BCUT2D eigenvalue weighted by Crippen LogP contribution is -2.44. The van der Waals surface area contributed by atoms with E-state index >= 15 is 0 Å². The Labute approximate surface area is 141 Å². The molecule has 4 nitrogen and oxygen atoms in total. The lowest BCUT2D eigenvalue weighted by molar-refractivity contribution is 0.179. The van der Waals surface area contributed by atoms with Gasteiger partial charge in [-0.1, -0.05) is 6.07 Å². The van der Waals surface area contributed by atoms with Crippen LogP contribution >= 0.6 is 24.0 Å². The van der Waals surface area contributed by atoms with Crippen molar-refractivity contribution >= 4 is 29.9 Å². The van der Waals surface area contributed by atoms with Crippen LogP contribution in [0.3, 0.4) is 0 Å². The van der Waals surface area contributed by atoms with Crippen molar-refractivity contribution in [2.75, 3.05) is 27.3 Å². The van der Waals surface area contributed by atoms with Crippen LogP contribution in [0.5, 0.6) is 0 Å². The minimum atomic E-state index is -0.565. The molecule has 2 N–H and O–H groups in total. The Morgan fingerprint density at radius 3 is 2.67 bits per heavy atom. The third-order valence-corrected chi connectivity index (χ3v) is 2.73. The van der Waals surface area contributed by atoms with E-state index in [-0.39, 0.29) is 30.0 Å². The largest absolute Gasteiger partial charge is 0.383 e. The van der Waals surface area contributed by atoms with Crippen molar-refractivity contribution < 1.29 is 13.5 Å². The zero-order valence-electron chi connectivity index (χ0n) is 12.5. The monoisotopic (exact) mass is 413 g/mol. The number of methoxy groups -OCH3 is 1. The molecule has 0 aliphatic rings. The minimum Gasteiger partial charge on any atom is -0.383 e. The Morgan fingerprint density at radius 1 is 1.38 bits per heavy atom. The SMILES string of the molecule is CN=C(NCCc1ccc(F)cc1F)NC(C)COC.I. The number of nitrogens with one attached hydrogen (secondary N) is 2. The van der Waals surface area contributed by atoms with Gasteiger partial charge < -0.3 is 15.4 Å². The first-order valence-electron chi connectivity index (χ1n) is 6.47. The van der Waals surface area contributed by atoms with Crippen molar-refractivity contribution in [3.63, 3.8) is 0 Å². The van der Waals surface area contributed by atoms with E-state index in [1.54, 1.807) is 14.2 Å². The summed E-state index contributed by atoms with van der Waals surface area (Å²) >= 11 is 0. The summed E-state index contributed by atoms with van der Waals surface area (Å²) in [6, 6.07) is 3.72. The van der Waals surface area contributed by atoms with Crippen LogP contribution in [-0.4, -0.2) is 39.3 Å². The van der Waals surface area contributed by atoms with E-state index in [1.165, 1.54) is 12.1 Å². The van der Waals surface area contributed by atoms with Gasteiger partial charge in [-0.05, 0) is 25.0 Å². The Hall–Kier alpha value is -0.960. The first kappa shape index (κ1) is 20.0. The number of nitrogens with zero attached hydrogens (tertiary/aromatic N) is 1. The minimum absolute atomic E-state index is 0. The zero-order valence-corrected chi connectivity index (χ0v) is 14.8. The number of rotatable bonds is 6. The summed E-state index contributed by atoms with van der Waals surface area (Å²) in [6.07, 6.45) is 0.450. The molecule has 1 aromatic rings. The van der Waals surface area contributed by atoms with Gasteiger partial charge in [0.15, 0.2) is 5.96 Å². The molecule has 0 saturated heterocycles. The van der Waals surface area contributed by atoms with E-state index in [0.717, 1.165) is 6.07 Å². The Balaban J connectivity index is 0.00000400. The Bertz CT molecular complexity index is 458. The van der Waals surface area contributed by atoms with Crippen LogP contribution in [0.4, 0.5) is 8.78 Å². The van der Waals surface area contributed by atoms with Crippen molar-refractivity contribution in [1.82, 2.24) is 10.6 Å². The molecule has 1 unspecified atom stereocenters. The van der Waals surface area contributed by atoms with E-state index < -0.39 is 11.6 Å². The highest BCUT2D eigenvalue weighted by Crippen LogP contribution is 2.09. The van der Waals surface area contributed by atoms with Gasteiger partial charge in [-0.15, -0.1) is 24.0 Å². The quantitative estimate of drug-likeness (QED) is 0.428. The molecule has 21 heavy (non-hydrogen) atoms. The normalized spacial score (nSPS) is 12.5. The summed E-state index contributed by atoms with van der Waals surface area (Å²) < 4.78 is 31.2. The predicted octanol–water partition coefficient (Wildman–Crippen LogP) is 2.33. The lowest BCUT2D eigenvalue weighted by atomic mass is 10.1. The number of aliphatic imine (C=N–C) groups is 1. The maximum absolute atomic E-state index is 13.4. The van der Waals surface area contributed by atoms with Crippen molar-refractivity contribution in [2.24, 2.45) is 4.99 Å². The first-order valence-corrected chi connectivity index (χ1v) is 6.47. The van der Waals surface area contributed by atoms with Gasteiger partial charge in [0.25, 0.3) is 0 Å². The highest BCUT2D eigenvalue weighted by Gasteiger charge is 2.06. The van der Waals surface area contributed by atoms with Crippen LogP contribution in [-0.2, 0) is 11.2 Å². The first-order chi connectivity index (χ1) is 9.56. The van der Waals surface area contributed by atoms with Crippen LogP contribution in [0.15, 0.2) is 23.2 Å². The second-order valence-corrected chi connectivity index (χ2v) is 4.49. The van der Waals surface area contributed by atoms with Crippen molar-refractivity contribution in [3.05, 3.63) is 35.4 Å². The van der Waals surface area contributed by atoms with E-state index in [4.69, 9.17) is 4.74 Å². The van der Waals surface area contributed by atoms with Gasteiger partial charge in [-0.25, -0.2) is 8.78 Å². The fraction of sp³-hybridized carbons (Fsp3) is 0.500. The average molecular weight is 413 g/mol. The van der Waals surface area contributed by atoms with Crippen molar-refractivity contribution in [2.45, 2.75) is 19.4 Å². The summed E-state index contributed by atoms with van der Waals surface area (Å²) in [5, 5.41) is 6.21. The van der Waals surface area contributed by atoms with Crippen LogP contribution < -0.4 is 10.6 Å². The molecule has 0 heterocycles. The topological polar surface area (TPSA) is 45.7 Å². The van der Waals surface area contributed by atoms with E-state index in [1.807, 2.05) is 6.92 Å². The second-order valence-electron chi connectivity index (χ2n) is 4.49. The van der Waals surface area contributed by atoms with Gasteiger partial charge >= 0.3 is 0 Å². The third-order valence-electron chi connectivity index (χ3n) is 2.73. The standard InChI is InChI=1S/C14H21F2N3O.HI/c1-10(9-20-3)19-14(17-2)18-7-6-11-4-5-12(15)8-13(11)16;/h4-5,8,10H,6-7,9H2,1-3H3,(H2,17,18,19);1H. The molecule has 1 rings (SSSR count). The number of hydrogen-bond donors (Lipinski definition) is 2. The molecule has 0 aromatic heterocycles. The predicted molar refractivity (Wildman–Crippen MR) is 91.3 cm³/mol. The maximum atomic E-state index is 13.4. The van der Waals surface area contributed by atoms with Gasteiger partial charge in [0.2, 0.25) is 0 Å². The zero-order chi connectivity index (χ0) is 15.0. The van der Waals surface area contributed by atoms with Crippen molar-refractivity contribution in [1.29, 1.82) is 0 Å². The summed E-state index contributed by atoms with van der Waals surface area (Å²) in [7, 11) is 3.29. The average Bonchev–Trinajstić information content (AvgIpc) is 2.40. The molecule has 0 amide bonds. The van der Waals surface area contributed by atoms with E-state index in [9.17, 15) is 8.78 Å². The molecule has 0 aliphatic heterocycles.